The summed E-state index contributed by atoms with van der Waals surface area (Å²) in [4.78, 5) is 0. The fraction of sp³-hybridized carbons (Fsp3) is 1.00. The van der Waals surface area contributed by atoms with E-state index in [1.54, 1.807) is 0 Å². The summed E-state index contributed by atoms with van der Waals surface area (Å²) < 4.78 is 67.3. The quantitative estimate of drug-likeness (QED) is 0.0713. The van der Waals surface area contributed by atoms with Crippen LogP contribution in [0.25, 0.3) is 0 Å². The molecule has 0 aliphatic heterocycles. The van der Waals surface area contributed by atoms with Gasteiger partial charge in [-0.1, -0.05) is 129 Å². The first-order chi connectivity index (χ1) is 16.1. The van der Waals surface area contributed by atoms with E-state index in [4.69, 9.17) is 25.9 Å². The summed E-state index contributed by atoms with van der Waals surface area (Å²) in [7, 11) is -8.97. The summed E-state index contributed by atoms with van der Waals surface area (Å²) in [6.45, 7) is 4.97. The predicted octanol–water partition coefficient (Wildman–Crippen LogP) is 0.776. The first-order valence-corrected chi connectivity index (χ1v) is 16.0. The Bertz CT molecular complexity index is 610. The van der Waals surface area contributed by atoms with Gasteiger partial charge in [-0.25, -0.2) is 8.37 Å². The van der Waals surface area contributed by atoms with E-state index in [0.717, 1.165) is 32.1 Å². The van der Waals surface area contributed by atoms with Crippen LogP contribution >= 0.6 is 0 Å². The van der Waals surface area contributed by atoms with Crippen LogP contribution in [0, 0.1) is 0 Å². The second kappa shape index (κ2) is 32.9. The zero-order chi connectivity index (χ0) is 26.0. The van der Waals surface area contributed by atoms with Crippen LogP contribution in [0.4, 0.5) is 0 Å². The molecule has 0 fully saturated rings. The van der Waals surface area contributed by atoms with Gasteiger partial charge >= 0.3 is 69.5 Å². The van der Waals surface area contributed by atoms with Crippen molar-refractivity contribution in [2.75, 3.05) is 13.2 Å². The van der Waals surface area contributed by atoms with Gasteiger partial charge in [-0.3, -0.25) is 8.42 Å². The van der Waals surface area contributed by atoms with E-state index in [9.17, 15) is 8.42 Å². The molecule has 0 bridgehead atoms. The van der Waals surface area contributed by atoms with E-state index < -0.39 is 20.8 Å². The van der Waals surface area contributed by atoms with Gasteiger partial charge in [0.2, 0.25) is 0 Å². The average molecular weight is 577 g/mol. The van der Waals surface area contributed by atoms with Gasteiger partial charge in [0.1, 0.15) is 0 Å². The largest absolute Gasteiger partial charge is 1.00 e. The fourth-order valence-electron chi connectivity index (χ4n) is 3.53. The third kappa shape index (κ3) is 48.8. The van der Waals surface area contributed by atoms with Crippen molar-refractivity contribution in [3.05, 3.63) is 0 Å². The summed E-state index contributed by atoms with van der Waals surface area (Å²) in [5.74, 6) is 0. The van der Waals surface area contributed by atoms with Crippen LogP contribution < -0.4 is 59.1 Å². The summed E-state index contributed by atoms with van der Waals surface area (Å²) in [6, 6.07) is 0. The molecular weight excluding hydrogens is 526 g/mol. The molecule has 0 rings (SSSR count). The van der Waals surface area contributed by atoms with Gasteiger partial charge in [-0.15, -0.1) is 0 Å². The van der Waals surface area contributed by atoms with Gasteiger partial charge in [-0.05, 0) is 12.8 Å². The third-order valence-electron chi connectivity index (χ3n) is 5.45. The van der Waals surface area contributed by atoms with Crippen molar-refractivity contribution in [1.82, 2.24) is 0 Å². The third-order valence-corrected chi connectivity index (χ3v) is 6.36. The van der Waals surface area contributed by atoms with Crippen LogP contribution in [0.15, 0.2) is 0 Å². The molecule has 0 amide bonds. The Morgan fingerprint density at radius 1 is 0.444 bits per heavy atom. The van der Waals surface area contributed by atoms with Crippen molar-refractivity contribution in [3.63, 3.8) is 0 Å². The van der Waals surface area contributed by atoms with Crippen LogP contribution in [0.2, 0.25) is 0 Å². The Kier molecular flexibility index (Phi) is 41.0. The fourth-order valence-corrected chi connectivity index (χ4v) is 4.25. The molecule has 12 heteroatoms. The van der Waals surface area contributed by atoms with Crippen LogP contribution in [0.3, 0.4) is 0 Å². The standard InChI is InChI=1S/C24H50O4S.2Na.H2O4S/c1-3-5-7-9-11-13-14-15-16-18-20-22-24-28-29(25,26)27-23-21-19-17-12-10-8-6-4-2;;;1-5(2,3)4/h3-24H2,1-2H3;;;(H2,1,2,3,4)/q;2*+1;/p-2. The predicted molar refractivity (Wildman–Crippen MR) is 135 cm³/mol. The molecule has 0 aromatic carbocycles. The van der Waals surface area contributed by atoms with Crippen molar-refractivity contribution in [1.29, 1.82) is 0 Å². The van der Waals surface area contributed by atoms with Gasteiger partial charge in [0, 0.05) is 10.4 Å². The maximum atomic E-state index is 11.7. The normalized spacial score (nSPS) is 11.2. The van der Waals surface area contributed by atoms with Crippen LogP contribution in [0.1, 0.15) is 142 Å². The summed E-state index contributed by atoms with van der Waals surface area (Å²) >= 11 is 0. The van der Waals surface area contributed by atoms with Gasteiger partial charge in [0.05, 0.1) is 13.2 Å². The van der Waals surface area contributed by atoms with Crippen molar-refractivity contribution in [3.8, 4) is 0 Å². The van der Waals surface area contributed by atoms with Crippen molar-refractivity contribution >= 4 is 20.8 Å². The van der Waals surface area contributed by atoms with E-state index in [2.05, 4.69) is 13.8 Å². The Hall–Kier alpha value is 1.74. The van der Waals surface area contributed by atoms with Crippen LogP contribution in [-0.2, 0) is 29.2 Å². The second-order valence-corrected chi connectivity index (χ2v) is 10.9. The molecule has 0 aromatic rings. The molecular formula is C24H50Na2O8S2. The molecule has 0 N–H and O–H groups in total. The second-order valence-electron chi connectivity index (χ2n) is 8.82. The monoisotopic (exact) mass is 576 g/mol. The molecule has 208 valence electrons. The molecule has 0 aromatic heterocycles. The number of unbranched alkanes of at least 4 members (excludes halogenated alkanes) is 18. The van der Waals surface area contributed by atoms with E-state index >= 15 is 0 Å². The molecule has 0 saturated carbocycles. The Labute approximate surface area is 267 Å². The zero-order valence-corrected chi connectivity index (χ0v) is 29.3. The topological polar surface area (TPSA) is 133 Å². The van der Waals surface area contributed by atoms with E-state index in [-0.39, 0.29) is 72.3 Å². The minimum absolute atomic E-state index is 0. The molecule has 0 aliphatic carbocycles. The van der Waals surface area contributed by atoms with Gasteiger partial charge in [0.25, 0.3) is 0 Å². The average Bonchev–Trinajstić information content (AvgIpc) is 2.74. The van der Waals surface area contributed by atoms with E-state index in [1.165, 1.54) is 96.3 Å². The molecule has 0 heterocycles. The SMILES string of the molecule is CCCCCCCCCCCCCCOS(=O)(=O)OCCCCCCCCCC.O=S(=O)([O-])[O-].[Na+].[Na+]. The first kappa shape index (κ1) is 44.7. The van der Waals surface area contributed by atoms with Crippen LogP contribution in [0.5, 0.6) is 0 Å². The van der Waals surface area contributed by atoms with Gasteiger partial charge in [-0.2, -0.15) is 8.42 Å². The summed E-state index contributed by atoms with van der Waals surface area (Å²) in [6.07, 6.45) is 24.5. The number of hydrogen-bond donors (Lipinski definition) is 0. The van der Waals surface area contributed by atoms with Gasteiger partial charge < -0.3 is 9.11 Å². The minimum atomic E-state index is -5.17. The maximum Gasteiger partial charge on any atom is 1.00 e. The molecule has 0 atom stereocenters. The molecule has 0 aliphatic rings. The maximum absolute atomic E-state index is 11.7. The number of hydrogen-bond acceptors (Lipinski definition) is 8. The summed E-state index contributed by atoms with van der Waals surface area (Å²) in [5, 5.41) is 0. The van der Waals surface area contributed by atoms with Gasteiger partial charge in [0.15, 0.2) is 0 Å². The molecule has 0 radical (unpaired) electrons. The van der Waals surface area contributed by atoms with Crippen molar-refractivity contribution in [2.24, 2.45) is 0 Å². The molecule has 8 nitrogen and oxygen atoms in total. The first-order valence-electron chi connectivity index (χ1n) is 13.3. The zero-order valence-electron chi connectivity index (χ0n) is 23.6. The molecule has 0 spiro atoms. The van der Waals surface area contributed by atoms with E-state index in [0.29, 0.717) is 0 Å². The minimum Gasteiger partial charge on any atom is -0.759 e. The smallest absolute Gasteiger partial charge is 0.759 e. The van der Waals surface area contributed by atoms with Crippen molar-refractivity contribution in [2.45, 2.75) is 142 Å². The Morgan fingerprint density at radius 3 is 0.861 bits per heavy atom. The number of rotatable bonds is 24. The molecule has 0 saturated heterocycles. The van der Waals surface area contributed by atoms with E-state index in [1.807, 2.05) is 0 Å². The summed E-state index contributed by atoms with van der Waals surface area (Å²) in [5.41, 5.74) is 0. The molecule has 0 unspecified atom stereocenters. The Morgan fingerprint density at radius 2 is 0.639 bits per heavy atom. The molecule has 36 heavy (non-hydrogen) atoms. The van der Waals surface area contributed by atoms with Crippen LogP contribution in [-0.4, -0.2) is 39.2 Å². The Balaban J connectivity index is -0.000000661. The van der Waals surface area contributed by atoms with Crippen molar-refractivity contribution < 1.29 is 93.4 Å².